The standard InChI is InChI=1S/C12H15NO4/c1-8(14)13-10-5-3-4-9(6-10)7-12(2,17)11(15)16/h3-6,17H,7H2,1-2H3,(H,13,14)(H,15,16). The van der Waals surface area contributed by atoms with Gasteiger partial charge in [-0.15, -0.1) is 0 Å². The molecule has 0 aliphatic rings. The number of amides is 1. The number of carboxylic acids is 1. The Morgan fingerprint density at radius 1 is 1.41 bits per heavy atom. The lowest BCUT2D eigenvalue weighted by Crippen LogP contribution is -2.37. The third kappa shape index (κ3) is 3.88. The summed E-state index contributed by atoms with van der Waals surface area (Å²) in [4.78, 5) is 21.6. The van der Waals surface area contributed by atoms with Crippen LogP contribution in [0.3, 0.4) is 0 Å². The van der Waals surface area contributed by atoms with Gasteiger partial charge in [0.2, 0.25) is 5.91 Å². The summed E-state index contributed by atoms with van der Waals surface area (Å²) in [5.74, 6) is -1.48. The largest absolute Gasteiger partial charge is 0.479 e. The highest BCUT2D eigenvalue weighted by Gasteiger charge is 2.29. The van der Waals surface area contributed by atoms with Gasteiger partial charge in [0.15, 0.2) is 5.60 Å². The van der Waals surface area contributed by atoms with Crippen molar-refractivity contribution in [3.63, 3.8) is 0 Å². The van der Waals surface area contributed by atoms with Crippen LogP contribution in [0.5, 0.6) is 0 Å². The maximum atomic E-state index is 10.9. The van der Waals surface area contributed by atoms with E-state index in [0.717, 1.165) is 0 Å². The Labute approximate surface area is 99.1 Å². The molecule has 1 aromatic carbocycles. The number of aliphatic carboxylic acids is 1. The number of carboxylic acid groups (broad SMARTS) is 1. The molecule has 0 aromatic heterocycles. The second kappa shape index (κ2) is 4.97. The number of carbonyl (C=O) groups is 2. The van der Waals surface area contributed by atoms with Gasteiger partial charge in [-0.05, 0) is 24.6 Å². The number of benzene rings is 1. The Kier molecular flexibility index (Phi) is 3.85. The second-order valence-corrected chi connectivity index (χ2v) is 4.14. The first kappa shape index (κ1) is 13.2. The first-order chi connectivity index (χ1) is 7.81. The predicted octanol–water partition coefficient (Wildman–Crippen LogP) is 1.02. The van der Waals surface area contributed by atoms with Crippen molar-refractivity contribution in [1.82, 2.24) is 0 Å². The Balaban J connectivity index is 2.85. The van der Waals surface area contributed by atoms with Crippen molar-refractivity contribution in [2.24, 2.45) is 0 Å². The lowest BCUT2D eigenvalue weighted by atomic mass is 9.96. The van der Waals surface area contributed by atoms with Gasteiger partial charge in [-0.2, -0.15) is 0 Å². The lowest BCUT2D eigenvalue weighted by molar-refractivity contribution is -0.156. The van der Waals surface area contributed by atoms with Gasteiger partial charge >= 0.3 is 5.97 Å². The second-order valence-electron chi connectivity index (χ2n) is 4.14. The van der Waals surface area contributed by atoms with Gasteiger partial charge in [-0.3, -0.25) is 4.79 Å². The van der Waals surface area contributed by atoms with Gasteiger partial charge in [0.1, 0.15) is 0 Å². The van der Waals surface area contributed by atoms with Crippen LogP contribution in [0, 0.1) is 0 Å². The number of hydrogen-bond acceptors (Lipinski definition) is 3. The molecule has 0 saturated heterocycles. The van der Waals surface area contributed by atoms with Crippen LogP contribution >= 0.6 is 0 Å². The summed E-state index contributed by atoms with van der Waals surface area (Å²) in [6.07, 6.45) is -0.0181. The summed E-state index contributed by atoms with van der Waals surface area (Å²) in [5.41, 5.74) is -0.589. The van der Waals surface area contributed by atoms with Crippen LogP contribution in [0.4, 0.5) is 5.69 Å². The third-order valence-electron chi connectivity index (χ3n) is 2.26. The van der Waals surface area contributed by atoms with E-state index in [1.807, 2.05) is 0 Å². The van der Waals surface area contributed by atoms with Gasteiger partial charge in [-0.1, -0.05) is 12.1 Å². The fourth-order valence-electron chi connectivity index (χ4n) is 1.44. The zero-order valence-electron chi connectivity index (χ0n) is 9.73. The molecule has 3 N–H and O–H groups in total. The van der Waals surface area contributed by atoms with Crippen LogP contribution < -0.4 is 5.32 Å². The summed E-state index contributed by atoms with van der Waals surface area (Å²) >= 11 is 0. The minimum absolute atomic E-state index is 0.0181. The quantitative estimate of drug-likeness (QED) is 0.729. The van der Waals surface area contributed by atoms with Crippen LogP contribution in [0.2, 0.25) is 0 Å². The first-order valence-electron chi connectivity index (χ1n) is 5.13. The maximum absolute atomic E-state index is 10.9. The smallest absolute Gasteiger partial charge is 0.335 e. The number of anilines is 1. The highest BCUT2D eigenvalue weighted by Crippen LogP contribution is 2.17. The molecule has 0 spiro atoms. The van der Waals surface area contributed by atoms with Crippen molar-refractivity contribution in [1.29, 1.82) is 0 Å². The van der Waals surface area contributed by atoms with Gasteiger partial charge in [0.05, 0.1) is 0 Å². The van der Waals surface area contributed by atoms with E-state index in [9.17, 15) is 14.7 Å². The van der Waals surface area contributed by atoms with Crippen molar-refractivity contribution in [2.45, 2.75) is 25.9 Å². The predicted molar refractivity (Wildman–Crippen MR) is 62.7 cm³/mol. The fourth-order valence-corrected chi connectivity index (χ4v) is 1.44. The zero-order chi connectivity index (χ0) is 13.1. The van der Waals surface area contributed by atoms with Crippen molar-refractivity contribution < 1.29 is 19.8 Å². The Morgan fingerprint density at radius 2 is 2.06 bits per heavy atom. The van der Waals surface area contributed by atoms with Gasteiger partial charge in [0, 0.05) is 19.0 Å². The van der Waals surface area contributed by atoms with Crippen LogP contribution in [-0.4, -0.2) is 27.7 Å². The Morgan fingerprint density at radius 3 is 2.59 bits per heavy atom. The number of hydrogen-bond donors (Lipinski definition) is 3. The van der Waals surface area contributed by atoms with E-state index in [-0.39, 0.29) is 12.3 Å². The molecule has 0 heterocycles. The number of aliphatic hydroxyl groups is 1. The molecule has 17 heavy (non-hydrogen) atoms. The average Bonchev–Trinajstić information content (AvgIpc) is 2.15. The average molecular weight is 237 g/mol. The number of nitrogens with one attached hydrogen (secondary N) is 1. The summed E-state index contributed by atoms with van der Waals surface area (Å²) in [5, 5.41) is 21.0. The van der Waals surface area contributed by atoms with E-state index in [1.54, 1.807) is 24.3 Å². The summed E-state index contributed by atoms with van der Waals surface area (Å²) in [6.45, 7) is 2.63. The molecule has 1 amide bonds. The molecule has 1 atom stereocenters. The van der Waals surface area contributed by atoms with E-state index < -0.39 is 11.6 Å². The molecule has 0 saturated carbocycles. The SMILES string of the molecule is CC(=O)Nc1cccc(CC(C)(O)C(=O)O)c1. The van der Waals surface area contributed by atoms with Gasteiger partial charge < -0.3 is 15.5 Å². The molecular weight excluding hydrogens is 222 g/mol. The van der Waals surface area contributed by atoms with Crippen LogP contribution in [0.15, 0.2) is 24.3 Å². The van der Waals surface area contributed by atoms with Crippen LogP contribution in [0.25, 0.3) is 0 Å². The molecule has 0 radical (unpaired) electrons. The van der Waals surface area contributed by atoms with Crippen molar-refractivity contribution in [3.05, 3.63) is 29.8 Å². The van der Waals surface area contributed by atoms with E-state index in [2.05, 4.69) is 5.32 Å². The molecular formula is C12H15NO4. The normalized spacial score (nSPS) is 13.8. The van der Waals surface area contributed by atoms with Crippen molar-refractivity contribution >= 4 is 17.6 Å². The maximum Gasteiger partial charge on any atom is 0.335 e. The van der Waals surface area contributed by atoms with E-state index in [4.69, 9.17) is 5.11 Å². The van der Waals surface area contributed by atoms with Crippen molar-refractivity contribution in [3.8, 4) is 0 Å². The highest BCUT2D eigenvalue weighted by atomic mass is 16.4. The Bertz CT molecular complexity index is 440. The molecule has 5 heteroatoms. The molecule has 0 aliphatic carbocycles. The van der Waals surface area contributed by atoms with Crippen LogP contribution in [-0.2, 0) is 16.0 Å². The van der Waals surface area contributed by atoms with Crippen LogP contribution in [0.1, 0.15) is 19.4 Å². The van der Waals surface area contributed by atoms with E-state index in [0.29, 0.717) is 11.3 Å². The summed E-state index contributed by atoms with van der Waals surface area (Å²) in [7, 11) is 0. The topological polar surface area (TPSA) is 86.6 Å². The van der Waals surface area contributed by atoms with E-state index >= 15 is 0 Å². The number of carbonyl (C=O) groups excluding carboxylic acids is 1. The minimum Gasteiger partial charge on any atom is -0.479 e. The molecule has 1 rings (SSSR count). The summed E-state index contributed by atoms with van der Waals surface area (Å²) in [6, 6.07) is 6.72. The molecule has 1 aromatic rings. The van der Waals surface area contributed by atoms with Gasteiger partial charge in [0.25, 0.3) is 0 Å². The van der Waals surface area contributed by atoms with Crippen molar-refractivity contribution in [2.75, 3.05) is 5.32 Å². The molecule has 92 valence electrons. The first-order valence-corrected chi connectivity index (χ1v) is 5.13. The molecule has 1 unspecified atom stereocenters. The highest BCUT2D eigenvalue weighted by molar-refractivity contribution is 5.88. The van der Waals surface area contributed by atoms with Gasteiger partial charge in [-0.25, -0.2) is 4.79 Å². The molecule has 0 aliphatic heterocycles. The fraction of sp³-hybridized carbons (Fsp3) is 0.333. The number of rotatable bonds is 4. The third-order valence-corrected chi connectivity index (χ3v) is 2.26. The van der Waals surface area contributed by atoms with E-state index in [1.165, 1.54) is 13.8 Å². The molecule has 5 nitrogen and oxygen atoms in total. The summed E-state index contributed by atoms with van der Waals surface area (Å²) < 4.78 is 0. The minimum atomic E-state index is -1.81. The monoisotopic (exact) mass is 237 g/mol. The Hall–Kier alpha value is -1.88. The zero-order valence-corrected chi connectivity index (χ0v) is 9.73. The molecule has 0 fully saturated rings. The lowest BCUT2D eigenvalue weighted by Gasteiger charge is -2.18. The molecule has 0 bridgehead atoms.